The Bertz CT molecular complexity index is 852. The molecule has 0 bridgehead atoms. The summed E-state index contributed by atoms with van der Waals surface area (Å²) in [5, 5.41) is 25.6. The van der Waals surface area contributed by atoms with Crippen molar-refractivity contribution in [2.45, 2.75) is 39.0 Å². The van der Waals surface area contributed by atoms with Gasteiger partial charge < -0.3 is 30.4 Å². The SMILES string of the molecule is CC(C)[C@H](NC(=O)[C@@H](Cc1ccc(O)cc1)NC(=O)OCc1ccccc1)C(=O)[O-]. The number of aromatic hydroxyl groups is 1. The first-order chi connectivity index (χ1) is 14.3. The number of rotatable bonds is 9. The quantitative estimate of drug-likeness (QED) is 0.565. The molecule has 0 heterocycles. The largest absolute Gasteiger partial charge is 0.548 e. The fourth-order valence-corrected chi connectivity index (χ4v) is 2.74. The van der Waals surface area contributed by atoms with Gasteiger partial charge in [-0.25, -0.2) is 4.79 Å². The summed E-state index contributed by atoms with van der Waals surface area (Å²) in [6.45, 7) is 3.29. The van der Waals surface area contributed by atoms with Crippen LogP contribution in [0.5, 0.6) is 5.75 Å². The lowest BCUT2D eigenvalue weighted by molar-refractivity contribution is -0.309. The summed E-state index contributed by atoms with van der Waals surface area (Å²) in [5.74, 6) is -2.43. The van der Waals surface area contributed by atoms with Crippen LogP contribution < -0.4 is 15.7 Å². The molecule has 2 aromatic carbocycles. The van der Waals surface area contributed by atoms with Crippen molar-refractivity contribution in [3.63, 3.8) is 0 Å². The van der Waals surface area contributed by atoms with Crippen LogP contribution in [0.1, 0.15) is 25.0 Å². The van der Waals surface area contributed by atoms with Crippen molar-refractivity contribution in [2.24, 2.45) is 5.92 Å². The van der Waals surface area contributed by atoms with E-state index in [1.807, 2.05) is 18.2 Å². The molecule has 30 heavy (non-hydrogen) atoms. The lowest BCUT2D eigenvalue weighted by atomic mass is 10.0. The Labute approximate surface area is 174 Å². The van der Waals surface area contributed by atoms with E-state index in [0.29, 0.717) is 5.56 Å². The van der Waals surface area contributed by atoms with Crippen LogP contribution in [0.4, 0.5) is 4.79 Å². The number of hydrogen-bond donors (Lipinski definition) is 3. The molecule has 2 amide bonds. The summed E-state index contributed by atoms with van der Waals surface area (Å²) in [5.41, 5.74) is 1.44. The van der Waals surface area contributed by atoms with Crippen LogP contribution in [0, 0.1) is 5.92 Å². The maximum Gasteiger partial charge on any atom is 0.408 e. The Kier molecular flexibility index (Phi) is 8.22. The third-order valence-electron chi connectivity index (χ3n) is 4.42. The summed E-state index contributed by atoms with van der Waals surface area (Å²) in [6, 6.07) is 12.9. The minimum atomic E-state index is -1.41. The number of nitrogens with one attached hydrogen (secondary N) is 2. The number of amides is 2. The number of alkyl carbamates (subject to hydrolysis) is 1. The van der Waals surface area contributed by atoms with Gasteiger partial charge in [0.1, 0.15) is 18.4 Å². The molecule has 0 radical (unpaired) electrons. The summed E-state index contributed by atoms with van der Waals surface area (Å²) < 4.78 is 5.17. The summed E-state index contributed by atoms with van der Waals surface area (Å²) in [4.78, 5) is 36.3. The van der Waals surface area contributed by atoms with Gasteiger partial charge in [-0.15, -0.1) is 0 Å². The molecule has 8 heteroatoms. The fourth-order valence-electron chi connectivity index (χ4n) is 2.74. The van der Waals surface area contributed by atoms with Crippen molar-refractivity contribution in [1.29, 1.82) is 0 Å². The lowest BCUT2D eigenvalue weighted by Gasteiger charge is -2.26. The van der Waals surface area contributed by atoms with Crippen molar-refractivity contribution in [1.82, 2.24) is 10.6 Å². The predicted octanol–water partition coefficient (Wildman–Crippen LogP) is 1.12. The van der Waals surface area contributed by atoms with Crippen LogP contribution >= 0.6 is 0 Å². The monoisotopic (exact) mass is 413 g/mol. The number of phenolic OH excluding ortho intramolecular Hbond substituents is 1. The number of phenols is 1. The average Bonchev–Trinajstić information content (AvgIpc) is 2.71. The van der Waals surface area contributed by atoms with E-state index < -0.39 is 36.0 Å². The predicted molar refractivity (Wildman–Crippen MR) is 107 cm³/mol. The van der Waals surface area contributed by atoms with E-state index in [1.54, 1.807) is 38.1 Å². The zero-order valence-corrected chi connectivity index (χ0v) is 16.8. The van der Waals surface area contributed by atoms with Crippen LogP contribution in [0.15, 0.2) is 54.6 Å². The molecular formula is C22H25N2O6-. The minimum absolute atomic E-state index is 0.0217. The van der Waals surface area contributed by atoms with E-state index in [9.17, 15) is 24.6 Å². The van der Waals surface area contributed by atoms with E-state index in [1.165, 1.54) is 12.1 Å². The normalized spacial score (nSPS) is 12.6. The summed E-state index contributed by atoms with van der Waals surface area (Å²) >= 11 is 0. The number of aliphatic carboxylic acids is 1. The molecule has 0 unspecified atom stereocenters. The maximum absolute atomic E-state index is 12.7. The molecule has 0 aliphatic heterocycles. The Morgan fingerprint density at radius 2 is 1.60 bits per heavy atom. The van der Waals surface area contributed by atoms with E-state index >= 15 is 0 Å². The number of benzene rings is 2. The van der Waals surface area contributed by atoms with E-state index in [2.05, 4.69) is 10.6 Å². The topological polar surface area (TPSA) is 128 Å². The number of carboxylic acids is 1. The van der Waals surface area contributed by atoms with Crippen LogP contribution in [0.3, 0.4) is 0 Å². The number of carbonyl (C=O) groups is 3. The summed E-state index contributed by atoms with van der Waals surface area (Å²) in [6.07, 6.45) is -0.739. The molecule has 0 spiro atoms. The fraction of sp³-hybridized carbons (Fsp3) is 0.318. The second-order valence-corrected chi connectivity index (χ2v) is 7.18. The molecule has 0 fully saturated rings. The number of hydrogen-bond acceptors (Lipinski definition) is 6. The molecule has 0 aliphatic rings. The van der Waals surface area contributed by atoms with E-state index in [4.69, 9.17) is 4.74 Å². The average molecular weight is 413 g/mol. The van der Waals surface area contributed by atoms with Gasteiger partial charge in [-0.1, -0.05) is 56.3 Å². The molecule has 0 aliphatic carbocycles. The van der Waals surface area contributed by atoms with Gasteiger partial charge in [-0.3, -0.25) is 4.79 Å². The number of carbonyl (C=O) groups excluding carboxylic acids is 3. The van der Waals surface area contributed by atoms with Gasteiger partial charge in [-0.05, 0) is 29.2 Å². The van der Waals surface area contributed by atoms with Crippen LogP contribution in [0.2, 0.25) is 0 Å². The molecule has 0 saturated carbocycles. The molecule has 160 valence electrons. The molecule has 2 atom stereocenters. The standard InChI is InChI=1S/C22H26N2O6/c1-14(2)19(21(27)28)24-20(26)18(12-15-8-10-17(25)11-9-15)23-22(29)30-13-16-6-4-3-5-7-16/h3-11,14,18-19,25H,12-13H2,1-2H3,(H,23,29)(H,24,26)(H,27,28)/p-1/t18-,19+/m1/s1. The first kappa shape index (κ1) is 22.7. The van der Waals surface area contributed by atoms with Gasteiger partial charge in [0.05, 0.1) is 12.0 Å². The number of ether oxygens (including phenoxy) is 1. The van der Waals surface area contributed by atoms with Crippen molar-refractivity contribution >= 4 is 18.0 Å². The Morgan fingerprint density at radius 3 is 2.17 bits per heavy atom. The molecule has 8 nitrogen and oxygen atoms in total. The second-order valence-electron chi connectivity index (χ2n) is 7.18. The van der Waals surface area contributed by atoms with Gasteiger partial charge in [0.25, 0.3) is 0 Å². The van der Waals surface area contributed by atoms with Crippen LogP contribution in [0.25, 0.3) is 0 Å². The highest BCUT2D eigenvalue weighted by Gasteiger charge is 2.26. The molecule has 3 N–H and O–H groups in total. The van der Waals surface area contributed by atoms with Crippen molar-refractivity contribution < 1.29 is 29.3 Å². The highest BCUT2D eigenvalue weighted by atomic mass is 16.5. The van der Waals surface area contributed by atoms with E-state index in [0.717, 1.165) is 5.56 Å². The van der Waals surface area contributed by atoms with Gasteiger partial charge in [0, 0.05) is 6.42 Å². The lowest BCUT2D eigenvalue weighted by Crippen LogP contribution is -2.56. The number of carboxylic acid groups (broad SMARTS) is 1. The van der Waals surface area contributed by atoms with Crippen molar-refractivity contribution in [3.05, 3.63) is 65.7 Å². The van der Waals surface area contributed by atoms with Gasteiger partial charge in [-0.2, -0.15) is 0 Å². The third-order valence-corrected chi connectivity index (χ3v) is 4.42. The van der Waals surface area contributed by atoms with Crippen LogP contribution in [-0.4, -0.2) is 35.2 Å². The molecule has 0 saturated heterocycles. The summed E-state index contributed by atoms with van der Waals surface area (Å²) in [7, 11) is 0. The second kappa shape index (κ2) is 10.8. The van der Waals surface area contributed by atoms with Gasteiger partial charge in [0.15, 0.2) is 0 Å². The Balaban J connectivity index is 2.09. The first-order valence-corrected chi connectivity index (χ1v) is 9.52. The van der Waals surface area contributed by atoms with Gasteiger partial charge >= 0.3 is 6.09 Å². The molecule has 2 aromatic rings. The highest BCUT2D eigenvalue weighted by Crippen LogP contribution is 2.12. The smallest absolute Gasteiger partial charge is 0.408 e. The third kappa shape index (κ3) is 7.12. The molecule has 2 rings (SSSR count). The molecular weight excluding hydrogens is 388 g/mol. The van der Waals surface area contributed by atoms with E-state index in [-0.39, 0.29) is 18.8 Å². The first-order valence-electron chi connectivity index (χ1n) is 9.52. The maximum atomic E-state index is 12.7. The van der Waals surface area contributed by atoms with Crippen molar-refractivity contribution in [2.75, 3.05) is 0 Å². The van der Waals surface area contributed by atoms with Crippen LogP contribution in [-0.2, 0) is 27.4 Å². The zero-order chi connectivity index (χ0) is 22.1. The Morgan fingerprint density at radius 1 is 0.967 bits per heavy atom. The minimum Gasteiger partial charge on any atom is -0.548 e. The highest BCUT2D eigenvalue weighted by molar-refractivity contribution is 5.89. The van der Waals surface area contributed by atoms with Crippen molar-refractivity contribution in [3.8, 4) is 5.75 Å². The zero-order valence-electron chi connectivity index (χ0n) is 16.8. The Hall–Kier alpha value is -3.55. The van der Waals surface area contributed by atoms with Gasteiger partial charge in [0.2, 0.25) is 5.91 Å². The molecule has 0 aromatic heterocycles.